The van der Waals surface area contributed by atoms with Gasteiger partial charge in [-0.25, -0.2) is 9.59 Å². The van der Waals surface area contributed by atoms with Gasteiger partial charge >= 0.3 is 11.9 Å². The maximum atomic E-state index is 12.7. The van der Waals surface area contributed by atoms with Gasteiger partial charge in [0.1, 0.15) is 6.61 Å². The number of carbonyl (C=O) groups is 2. The first-order valence-electron chi connectivity index (χ1n) is 7.72. The molecule has 2 aromatic rings. The van der Waals surface area contributed by atoms with E-state index in [4.69, 9.17) is 14.2 Å². The maximum absolute atomic E-state index is 12.7. The number of esters is 2. The van der Waals surface area contributed by atoms with Crippen molar-refractivity contribution in [3.05, 3.63) is 59.7 Å². The van der Waals surface area contributed by atoms with Crippen LogP contribution in [0.1, 0.15) is 18.1 Å². The number of carbonyl (C=O) groups excluding carboxylic acids is 2. The summed E-state index contributed by atoms with van der Waals surface area (Å²) in [6.45, 7) is 1.63. The molecular weight excluding hydrogens is 308 g/mol. The molecule has 3 rings (SSSR count). The molecule has 0 heterocycles. The van der Waals surface area contributed by atoms with Crippen LogP contribution in [0.3, 0.4) is 0 Å². The Morgan fingerprint density at radius 1 is 0.958 bits per heavy atom. The van der Waals surface area contributed by atoms with Gasteiger partial charge in [0.25, 0.3) is 0 Å². The molecule has 0 atom stereocenters. The van der Waals surface area contributed by atoms with Crippen molar-refractivity contribution in [2.75, 3.05) is 20.3 Å². The minimum atomic E-state index is -1.46. The van der Waals surface area contributed by atoms with Crippen LogP contribution in [0.25, 0.3) is 11.1 Å². The minimum Gasteiger partial charge on any atom is -0.466 e. The van der Waals surface area contributed by atoms with Gasteiger partial charge < -0.3 is 14.2 Å². The number of fused-ring (bicyclic) bond motifs is 3. The van der Waals surface area contributed by atoms with Gasteiger partial charge in [-0.05, 0) is 18.1 Å². The fourth-order valence-electron chi connectivity index (χ4n) is 3.14. The molecule has 5 heteroatoms. The molecule has 0 saturated carbocycles. The second-order valence-electron chi connectivity index (χ2n) is 5.36. The number of ether oxygens (including phenoxy) is 3. The molecule has 24 heavy (non-hydrogen) atoms. The standard InChI is InChI=1S/C19H18O5/c1-3-23-17(20)12-24-19(18(21)22-2)15-10-6-4-8-13(15)14-9-5-7-11-16(14)19/h4-11H,3,12H2,1-2H3. The summed E-state index contributed by atoms with van der Waals surface area (Å²) in [6, 6.07) is 14.9. The lowest BCUT2D eigenvalue weighted by Gasteiger charge is -2.28. The van der Waals surface area contributed by atoms with Gasteiger partial charge in [-0.2, -0.15) is 0 Å². The van der Waals surface area contributed by atoms with Gasteiger partial charge in [-0.3, -0.25) is 0 Å². The van der Waals surface area contributed by atoms with Crippen molar-refractivity contribution in [1.82, 2.24) is 0 Å². The number of rotatable bonds is 5. The Morgan fingerprint density at radius 2 is 1.50 bits per heavy atom. The Bertz CT molecular complexity index is 735. The summed E-state index contributed by atoms with van der Waals surface area (Å²) < 4.78 is 15.8. The highest BCUT2D eigenvalue weighted by Gasteiger charge is 2.52. The Kier molecular flexibility index (Phi) is 4.36. The summed E-state index contributed by atoms with van der Waals surface area (Å²) in [7, 11) is 1.31. The Morgan fingerprint density at radius 3 is 2.00 bits per heavy atom. The molecule has 1 aliphatic rings. The highest BCUT2D eigenvalue weighted by Crippen LogP contribution is 2.50. The van der Waals surface area contributed by atoms with Crippen LogP contribution >= 0.6 is 0 Å². The molecule has 0 spiro atoms. The first-order chi connectivity index (χ1) is 11.6. The lowest BCUT2D eigenvalue weighted by atomic mass is 9.91. The number of hydrogen-bond acceptors (Lipinski definition) is 5. The summed E-state index contributed by atoms with van der Waals surface area (Å²) in [5.74, 6) is -1.09. The fourth-order valence-corrected chi connectivity index (χ4v) is 3.14. The van der Waals surface area contributed by atoms with E-state index in [0.29, 0.717) is 11.1 Å². The van der Waals surface area contributed by atoms with E-state index in [9.17, 15) is 9.59 Å². The van der Waals surface area contributed by atoms with Crippen molar-refractivity contribution < 1.29 is 23.8 Å². The van der Waals surface area contributed by atoms with Crippen LogP contribution < -0.4 is 0 Å². The second kappa shape index (κ2) is 6.45. The highest BCUT2D eigenvalue weighted by molar-refractivity contribution is 5.96. The molecule has 0 saturated heterocycles. The van der Waals surface area contributed by atoms with Crippen molar-refractivity contribution in [2.45, 2.75) is 12.5 Å². The molecule has 0 bridgehead atoms. The predicted molar refractivity (Wildman–Crippen MR) is 87.3 cm³/mol. The summed E-state index contributed by atoms with van der Waals surface area (Å²) >= 11 is 0. The van der Waals surface area contributed by atoms with Gasteiger partial charge in [0.05, 0.1) is 13.7 Å². The van der Waals surface area contributed by atoms with Gasteiger partial charge in [-0.15, -0.1) is 0 Å². The number of hydrogen-bond donors (Lipinski definition) is 0. The number of methoxy groups -OCH3 is 1. The van der Waals surface area contributed by atoms with E-state index in [1.165, 1.54) is 7.11 Å². The van der Waals surface area contributed by atoms with Crippen molar-refractivity contribution >= 4 is 11.9 Å². The van der Waals surface area contributed by atoms with Crippen LogP contribution in [0.2, 0.25) is 0 Å². The van der Waals surface area contributed by atoms with Gasteiger partial charge in [-0.1, -0.05) is 48.5 Å². The average Bonchev–Trinajstić information content (AvgIpc) is 2.91. The first kappa shape index (κ1) is 16.2. The minimum absolute atomic E-state index is 0.251. The van der Waals surface area contributed by atoms with Crippen LogP contribution in [-0.4, -0.2) is 32.3 Å². The zero-order chi connectivity index (χ0) is 17.2. The summed E-state index contributed by atoms with van der Waals surface area (Å²) in [5, 5.41) is 0. The van der Waals surface area contributed by atoms with Crippen molar-refractivity contribution in [1.29, 1.82) is 0 Å². The van der Waals surface area contributed by atoms with E-state index in [1.54, 1.807) is 6.92 Å². The zero-order valence-electron chi connectivity index (χ0n) is 13.6. The van der Waals surface area contributed by atoms with Crippen LogP contribution in [0.15, 0.2) is 48.5 Å². The smallest absolute Gasteiger partial charge is 0.347 e. The van der Waals surface area contributed by atoms with E-state index in [1.807, 2.05) is 48.5 Å². The van der Waals surface area contributed by atoms with Crippen molar-refractivity contribution in [3.8, 4) is 11.1 Å². The molecule has 0 amide bonds. The molecule has 0 aromatic heterocycles. The summed E-state index contributed by atoms with van der Waals surface area (Å²) in [4.78, 5) is 24.5. The van der Waals surface area contributed by atoms with E-state index in [2.05, 4.69) is 0 Å². The molecule has 1 aliphatic carbocycles. The van der Waals surface area contributed by atoms with Crippen LogP contribution in [0.5, 0.6) is 0 Å². The molecule has 0 N–H and O–H groups in total. The van der Waals surface area contributed by atoms with E-state index in [-0.39, 0.29) is 13.2 Å². The first-order valence-corrected chi connectivity index (χ1v) is 7.72. The highest BCUT2D eigenvalue weighted by atomic mass is 16.6. The maximum Gasteiger partial charge on any atom is 0.347 e. The molecule has 0 aliphatic heterocycles. The molecule has 0 radical (unpaired) electrons. The lowest BCUT2D eigenvalue weighted by Crippen LogP contribution is -2.40. The Labute approximate surface area is 140 Å². The average molecular weight is 326 g/mol. The van der Waals surface area contributed by atoms with Gasteiger partial charge in [0.2, 0.25) is 5.60 Å². The molecule has 0 unspecified atom stereocenters. The monoisotopic (exact) mass is 326 g/mol. The van der Waals surface area contributed by atoms with E-state index in [0.717, 1.165) is 11.1 Å². The lowest BCUT2D eigenvalue weighted by molar-refractivity contribution is -0.171. The molecular formula is C19H18O5. The Hall–Kier alpha value is -2.66. The largest absolute Gasteiger partial charge is 0.466 e. The molecule has 5 nitrogen and oxygen atoms in total. The van der Waals surface area contributed by atoms with Crippen LogP contribution in [0, 0.1) is 0 Å². The summed E-state index contributed by atoms with van der Waals surface area (Å²) in [6.07, 6.45) is 0. The van der Waals surface area contributed by atoms with Crippen LogP contribution in [-0.2, 0) is 29.4 Å². The SMILES string of the molecule is CCOC(=O)COC1(C(=O)OC)c2ccccc2-c2ccccc21. The zero-order valence-corrected chi connectivity index (χ0v) is 13.6. The third-order valence-electron chi connectivity index (χ3n) is 4.09. The molecule has 0 fully saturated rings. The molecule has 124 valence electrons. The van der Waals surface area contributed by atoms with Crippen LogP contribution in [0.4, 0.5) is 0 Å². The predicted octanol–water partition coefficient (Wildman–Crippen LogP) is 2.66. The van der Waals surface area contributed by atoms with Crippen molar-refractivity contribution in [3.63, 3.8) is 0 Å². The quantitative estimate of drug-likeness (QED) is 0.791. The normalized spacial score (nSPS) is 13.8. The third kappa shape index (κ3) is 2.37. The fraction of sp³-hybridized carbons (Fsp3) is 0.263. The second-order valence-corrected chi connectivity index (χ2v) is 5.36. The number of benzene rings is 2. The Balaban J connectivity index is 2.14. The van der Waals surface area contributed by atoms with Gasteiger partial charge in [0, 0.05) is 11.1 Å². The summed E-state index contributed by atoms with van der Waals surface area (Å²) in [5.41, 5.74) is 1.66. The van der Waals surface area contributed by atoms with E-state index < -0.39 is 17.5 Å². The van der Waals surface area contributed by atoms with E-state index >= 15 is 0 Å². The molecule has 2 aromatic carbocycles. The topological polar surface area (TPSA) is 61.8 Å². The van der Waals surface area contributed by atoms with Gasteiger partial charge in [0.15, 0.2) is 0 Å². The van der Waals surface area contributed by atoms with Crippen molar-refractivity contribution in [2.24, 2.45) is 0 Å². The third-order valence-corrected chi connectivity index (χ3v) is 4.09.